The van der Waals surface area contributed by atoms with Crippen molar-refractivity contribution in [2.45, 2.75) is 13.0 Å². The molecule has 10 heavy (non-hydrogen) atoms. The second kappa shape index (κ2) is 3.14. The van der Waals surface area contributed by atoms with Crippen molar-refractivity contribution in [3.8, 4) is 0 Å². The monoisotopic (exact) mass is 146 g/mol. The Morgan fingerprint density at radius 2 is 2.00 bits per heavy atom. The number of carbonyl (C=O) groups is 1. The summed E-state index contributed by atoms with van der Waals surface area (Å²) in [4.78, 5) is 21.4. The molecule has 5 heteroatoms. The van der Waals surface area contributed by atoms with Gasteiger partial charge in [0, 0.05) is 25.9 Å². The van der Waals surface area contributed by atoms with E-state index in [1.807, 2.05) is 0 Å². The molecule has 0 heterocycles. The van der Waals surface area contributed by atoms with Crippen molar-refractivity contribution < 1.29 is 9.72 Å². The van der Waals surface area contributed by atoms with Crippen LogP contribution in [0.25, 0.3) is 0 Å². The maximum Gasteiger partial charge on any atom is 0.296 e. The van der Waals surface area contributed by atoms with Gasteiger partial charge in [-0.3, -0.25) is 14.9 Å². The van der Waals surface area contributed by atoms with Gasteiger partial charge in [0.25, 0.3) is 11.9 Å². The molecule has 0 spiro atoms. The summed E-state index contributed by atoms with van der Waals surface area (Å²) in [6, 6.07) is -1.13. The summed E-state index contributed by atoms with van der Waals surface area (Å²) in [5.41, 5.74) is 0. The van der Waals surface area contributed by atoms with Gasteiger partial charge in [-0.25, -0.2) is 0 Å². The predicted octanol–water partition coefficient (Wildman–Crippen LogP) is -0.260. The number of rotatable bonds is 2. The van der Waals surface area contributed by atoms with Crippen molar-refractivity contribution in [1.82, 2.24) is 4.90 Å². The largest absolute Gasteiger partial charge is 0.343 e. The molecule has 0 aliphatic carbocycles. The third-order valence-electron chi connectivity index (χ3n) is 1.11. The molecule has 1 unspecified atom stereocenters. The highest BCUT2D eigenvalue weighted by Crippen LogP contribution is 1.91. The zero-order valence-corrected chi connectivity index (χ0v) is 6.20. The van der Waals surface area contributed by atoms with Crippen molar-refractivity contribution in [2.75, 3.05) is 14.1 Å². The van der Waals surface area contributed by atoms with Gasteiger partial charge in [-0.05, 0) is 0 Å². The highest BCUT2D eigenvalue weighted by molar-refractivity contribution is 5.79. The highest BCUT2D eigenvalue weighted by Gasteiger charge is 2.24. The van der Waals surface area contributed by atoms with Crippen LogP contribution in [0.1, 0.15) is 6.92 Å². The molecule has 0 saturated carbocycles. The van der Waals surface area contributed by atoms with Crippen molar-refractivity contribution in [1.29, 1.82) is 0 Å². The third-order valence-corrected chi connectivity index (χ3v) is 1.11. The quantitative estimate of drug-likeness (QED) is 0.398. The predicted molar refractivity (Wildman–Crippen MR) is 35.2 cm³/mol. The van der Waals surface area contributed by atoms with Gasteiger partial charge in [0.2, 0.25) is 0 Å². The number of nitro groups is 1. The van der Waals surface area contributed by atoms with E-state index in [1.54, 1.807) is 0 Å². The van der Waals surface area contributed by atoms with E-state index in [0.717, 1.165) is 0 Å². The summed E-state index contributed by atoms with van der Waals surface area (Å²) in [7, 11) is 2.98. The van der Waals surface area contributed by atoms with Crippen molar-refractivity contribution >= 4 is 5.91 Å². The van der Waals surface area contributed by atoms with E-state index in [1.165, 1.54) is 25.9 Å². The second-order valence-corrected chi connectivity index (χ2v) is 2.19. The second-order valence-electron chi connectivity index (χ2n) is 2.19. The first kappa shape index (κ1) is 8.87. The lowest BCUT2D eigenvalue weighted by Gasteiger charge is -2.09. The van der Waals surface area contributed by atoms with E-state index in [4.69, 9.17) is 0 Å². The van der Waals surface area contributed by atoms with Gasteiger partial charge in [-0.1, -0.05) is 0 Å². The van der Waals surface area contributed by atoms with Gasteiger partial charge in [0.1, 0.15) is 0 Å². The lowest BCUT2D eigenvalue weighted by atomic mass is 10.3. The minimum atomic E-state index is -1.13. The molecule has 0 N–H and O–H groups in total. The molecular formula is C5H10N2O3. The van der Waals surface area contributed by atoms with Crippen LogP contribution in [0.4, 0.5) is 0 Å². The Kier molecular flexibility index (Phi) is 2.79. The zero-order chi connectivity index (χ0) is 8.31. The third kappa shape index (κ3) is 2.00. The molecule has 58 valence electrons. The van der Waals surface area contributed by atoms with Crippen LogP contribution in [-0.2, 0) is 4.79 Å². The van der Waals surface area contributed by atoms with E-state index < -0.39 is 16.9 Å². The Morgan fingerprint density at radius 1 is 1.60 bits per heavy atom. The van der Waals surface area contributed by atoms with Gasteiger partial charge in [-0.15, -0.1) is 0 Å². The van der Waals surface area contributed by atoms with Crippen LogP contribution in [0.3, 0.4) is 0 Å². The standard InChI is InChI=1S/C5H10N2O3/c1-4(7(9)10)5(8)6(2)3/h4H,1-3H3. The Hall–Kier alpha value is -1.13. The average Bonchev–Trinajstić information content (AvgIpc) is 1.84. The van der Waals surface area contributed by atoms with Crippen LogP contribution < -0.4 is 0 Å². The van der Waals surface area contributed by atoms with Crippen LogP contribution in [0, 0.1) is 10.1 Å². The van der Waals surface area contributed by atoms with Crippen LogP contribution in [-0.4, -0.2) is 35.9 Å². The van der Waals surface area contributed by atoms with Gasteiger partial charge < -0.3 is 4.90 Å². The fourth-order valence-electron chi connectivity index (χ4n) is 0.464. The molecule has 0 aromatic rings. The first-order valence-corrected chi connectivity index (χ1v) is 2.81. The van der Waals surface area contributed by atoms with Crippen LogP contribution >= 0.6 is 0 Å². The average molecular weight is 146 g/mol. The first-order chi connectivity index (χ1) is 4.46. The summed E-state index contributed by atoms with van der Waals surface area (Å²) >= 11 is 0. The normalized spacial score (nSPS) is 12.3. The van der Waals surface area contributed by atoms with Crippen molar-refractivity contribution in [3.05, 3.63) is 10.1 Å². The van der Waals surface area contributed by atoms with Gasteiger partial charge in [0.15, 0.2) is 0 Å². The van der Waals surface area contributed by atoms with E-state index >= 15 is 0 Å². The lowest BCUT2D eigenvalue weighted by Crippen LogP contribution is -2.36. The Bertz CT molecular complexity index is 155. The van der Waals surface area contributed by atoms with E-state index in [2.05, 4.69) is 0 Å². The number of nitrogens with zero attached hydrogens (tertiary/aromatic N) is 2. The van der Waals surface area contributed by atoms with Crippen LogP contribution in [0.5, 0.6) is 0 Å². The first-order valence-electron chi connectivity index (χ1n) is 2.81. The van der Waals surface area contributed by atoms with Gasteiger partial charge in [-0.2, -0.15) is 0 Å². The van der Waals surface area contributed by atoms with Crippen LogP contribution in [0.15, 0.2) is 0 Å². The van der Waals surface area contributed by atoms with Gasteiger partial charge >= 0.3 is 0 Å². The molecule has 0 radical (unpaired) electrons. The minimum absolute atomic E-state index is 0.481. The highest BCUT2D eigenvalue weighted by atomic mass is 16.6. The number of hydrogen-bond acceptors (Lipinski definition) is 3. The fraction of sp³-hybridized carbons (Fsp3) is 0.800. The summed E-state index contributed by atoms with van der Waals surface area (Å²) < 4.78 is 0. The topological polar surface area (TPSA) is 63.5 Å². The Labute approximate surface area is 58.8 Å². The molecule has 0 aliphatic heterocycles. The molecule has 0 aromatic heterocycles. The molecule has 0 aromatic carbocycles. The van der Waals surface area contributed by atoms with Crippen molar-refractivity contribution in [2.24, 2.45) is 0 Å². The van der Waals surface area contributed by atoms with Crippen LogP contribution in [0.2, 0.25) is 0 Å². The molecule has 0 rings (SSSR count). The fourth-order valence-corrected chi connectivity index (χ4v) is 0.464. The number of likely N-dealkylation sites (N-methyl/N-ethyl adjacent to an activating group) is 1. The smallest absolute Gasteiger partial charge is 0.296 e. The Balaban J connectivity index is 4.08. The molecule has 5 nitrogen and oxygen atoms in total. The van der Waals surface area contributed by atoms with E-state index in [0.29, 0.717) is 0 Å². The minimum Gasteiger partial charge on any atom is -0.343 e. The molecule has 1 amide bonds. The maximum atomic E-state index is 10.8. The molecule has 0 fully saturated rings. The molecule has 1 atom stereocenters. The van der Waals surface area contributed by atoms with E-state index in [9.17, 15) is 14.9 Å². The summed E-state index contributed by atoms with van der Waals surface area (Å²) in [6.07, 6.45) is 0. The Morgan fingerprint density at radius 3 is 2.10 bits per heavy atom. The maximum absolute atomic E-state index is 10.8. The zero-order valence-electron chi connectivity index (χ0n) is 6.20. The number of hydrogen-bond donors (Lipinski definition) is 0. The van der Waals surface area contributed by atoms with Gasteiger partial charge in [0.05, 0.1) is 0 Å². The molecule has 0 aliphatic rings. The molecule has 0 bridgehead atoms. The molecular weight excluding hydrogens is 136 g/mol. The number of amides is 1. The summed E-state index contributed by atoms with van der Waals surface area (Å²) in [5.74, 6) is -0.481. The summed E-state index contributed by atoms with van der Waals surface area (Å²) in [6.45, 7) is 1.27. The van der Waals surface area contributed by atoms with Crippen molar-refractivity contribution in [3.63, 3.8) is 0 Å². The summed E-state index contributed by atoms with van der Waals surface area (Å²) in [5, 5.41) is 10.0. The molecule has 0 saturated heterocycles. The van der Waals surface area contributed by atoms with E-state index in [-0.39, 0.29) is 0 Å². The number of carbonyl (C=O) groups excluding carboxylic acids is 1. The lowest BCUT2D eigenvalue weighted by molar-refractivity contribution is -0.504. The SMILES string of the molecule is CC(C(=O)N(C)C)[N+](=O)[O-].